The second-order valence-corrected chi connectivity index (χ2v) is 8.23. The maximum absolute atomic E-state index is 12.5. The largest absolute Gasteiger partial charge is 0.398 e. The molecule has 0 aliphatic carbocycles. The number of amides is 1. The van der Waals surface area contributed by atoms with Crippen molar-refractivity contribution in [1.29, 1.82) is 0 Å². The third-order valence-corrected chi connectivity index (χ3v) is 5.12. The quantitative estimate of drug-likeness (QED) is 0.491. The molecule has 4 rings (SSSR count). The average Bonchev–Trinajstić information content (AvgIpc) is 3.43. The van der Waals surface area contributed by atoms with Gasteiger partial charge in [-0.15, -0.1) is 0 Å². The van der Waals surface area contributed by atoms with Crippen molar-refractivity contribution in [2.45, 2.75) is 46.3 Å². The Morgan fingerprint density at radius 2 is 2.07 bits per heavy atom. The zero-order valence-corrected chi connectivity index (χ0v) is 17.6. The van der Waals surface area contributed by atoms with Gasteiger partial charge >= 0.3 is 0 Å². The number of hydrogen-bond acceptors (Lipinski definition) is 5. The van der Waals surface area contributed by atoms with Crippen LogP contribution in [0.3, 0.4) is 0 Å². The molecule has 3 N–H and O–H groups in total. The number of aryl methyl sites for hydroxylation is 1. The lowest BCUT2D eigenvalue weighted by Crippen LogP contribution is -2.23. The van der Waals surface area contributed by atoms with E-state index in [2.05, 4.69) is 47.7 Å². The van der Waals surface area contributed by atoms with Crippen molar-refractivity contribution >= 4 is 22.5 Å². The Kier molecular flexibility index (Phi) is 4.85. The van der Waals surface area contributed by atoms with Crippen molar-refractivity contribution in [3.05, 3.63) is 54.2 Å². The lowest BCUT2D eigenvalue weighted by atomic mass is 10.1. The van der Waals surface area contributed by atoms with Gasteiger partial charge in [-0.2, -0.15) is 4.98 Å². The van der Waals surface area contributed by atoms with Gasteiger partial charge in [-0.05, 0) is 52.0 Å². The summed E-state index contributed by atoms with van der Waals surface area (Å²) in [5, 5.41) is 7.89. The van der Waals surface area contributed by atoms with Gasteiger partial charge in [0, 0.05) is 35.6 Å². The van der Waals surface area contributed by atoms with Crippen LogP contribution in [0.5, 0.6) is 0 Å². The molecule has 0 atom stereocenters. The van der Waals surface area contributed by atoms with Gasteiger partial charge in [0.2, 0.25) is 11.7 Å². The first-order valence-corrected chi connectivity index (χ1v) is 9.95. The summed E-state index contributed by atoms with van der Waals surface area (Å²) in [7, 11) is 0. The molecule has 4 aromatic rings. The Morgan fingerprint density at radius 3 is 2.77 bits per heavy atom. The molecule has 3 aromatic heterocycles. The highest BCUT2D eigenvalue weighted by Gasteiger charge is 2.18. The number of benzene rings is 1. The molecule has 0 spiro atoms. The van der Waals surface area contributed by atoms with Crippen LogP contribution in [-0.4, -0.2) is 25.2 Å². The van der Waals surface area contributed by atoms with Gasteiger partial charge in [0.25, 0.3) is 5.91 Å². The van der Waals surface area contributed by atoms with Crippen LogP contribution in [0.25, 0.3) is 22.4 Å². The molecule has 0 saturated heterocycles. The third kappa shape index (κ3) is 3.56. The number of anilines is 1. The molecule has 1 aromatic carbocycles. The van der Waals surface area contributed by atoms with Crippen LogP contribution in [0.2, 0.25) is 0 Å². The fourth-order valence-corrected chi connectivity index (χ4v) is 3.47. The van der Waals surface area contributed by atoms with Gasteiger partial charge in [-0.25, -0.2) is 0 Å². The van der Waals surface area contributed by atoms with Crippen LogP contribution >= 0.6 is 0 Å². The molecule has 0 bridgehead atoms. The fraction of sp³-hybridized carbons (Fsp3) is 0.318. The zero-order valence-electron chi connectivity index (χ0n) is 17.6. The molecule has 0 aliphatic heterocycles. The van der Waals surface area contributed by atoms with Crippen molar-refractivity contribution in [3.8, 4) is 11.5 Å². The van der Waals surface area contributed by atoms with E-state index in [-0.39, 0.29) is 18.0 Å². The van der Waals surface area contributed by atoms with E-state index in [1.165, 1.54) is 0 Å². The number of nitrogens with two attached hydrogens (primary N) is 1. The van der Waals surface area contributed by atoms with Crippen molar-refractivity contribution < 1.29 is 9.32 Å². The summed E-state index contributed by atoms with van der Waals surface area (Å²) in [5.74, 6) is 0.623. The van der Waals surface area contributed by atoms with E-state index in [9.17, 15) is 4.79 Å². The number of carbonyl (C=O) groups excluding carboxylic acids is 1. The van der Waals surface area contributed by atoms with Crippen LogP contribution < -0.4 is 11.1 Å². The first-order valence-electron chi connectivity index (χ1n) is 9.95. The number of nitrogens with zero attached hydrogens (tertiary/aromatic N) is 4. The molecule has 0 aliphatic rings. The summed E-state index contributed by atoms with van der Waals surface area (Å²) in [6.45, 7) is 9.19. The molecule has 0 fully saturated rings. The van der Waals surface area contributed by atoms with Crippen LogP contribution in [0.15, 0.2) is 47.2 Å². The predicted molar refractivity (Wildman–Crippen MR) is 116 cm³/mol. The smallest absolute Gasteiger partial charge is 0.253 e. The van der Waals surface area contributed by atoms with Gasteiger partial charge in [-0.1, -0.05) is 11.2 Å². The molecule has 0 saturated carbocycles. The van der Waals surface area contributed by atoms with E-state index < -0.39 is 0 Å². The third-order valence-electron chi connectivity index (χ3n) is 5.12. The lowest BCUT2D eigenvalue weighted by molar-refractivity contribution is 0.0946. The number of fused-ring (bicyclic) bond motifs is 1. The number of rotatable bonds is 5. The number of nitrogens with one attached hydrogen (secondary N) is 1. The van der Waals surface area contributed by atoms with E-state index in [0.717, 1.165) is 23.1 Å². The van der Waals surface area contributed by atoms with Crippen LogP contribution in [-0.2, 0) is 18.6 Å². The number of nitrogen functional groups attached to an aromatic ring is 1. The Morgan fingerprint density at radius 1 is 1.27 bits per heavy atom. The molecule has 156 valence electrons. The summed E-state index contributed by atoms with van der Waals surface area (Å²) in [6, 6.07) is 9.58. The van der Waals surface area contributed by atoms with Crippen LogP contribution in [0.1, 0.15) is 43.9 Å². The summed E-state index contributed by atoms with van der Waals surface area (Å²) in [4.78, 5) is 16.9. The zero-order chi connectivity index (χ0) is 21.5. The standard InChI is InChI=1S/C22H26N6O2/c1-5-28-17-8-6-7-16(23)15(17)11-18(28)20-25-19(30-26-20)12-24-21(29)14-9-10-27(13-14)22(2,3)4/h6-11,13H,5,12,23H2,1-4H3,(H,24,29). The summed E-state index contributed by atoms with van der Waals surface area (Å²) < 4.78 is 9.46. The van der Waals surface area contributed by atoms with E-state index in [1.807, 2.05) is 41.2 Å². The minimum atomic E-state index is -0.187. The van der Waals surface area contributed by atoms with E-state index in [0.29, 0.717) is 23.0 Å². The second-order valence-electron chi connectivity index (χ2n) is 8.23. The number of aromatic nitrogens is 4. The molecule has 8 nitrogen and oxygen atoms in total. The Balaban J connectivity index is 1.51. The number of carbonyl (C=O) groups is 1. The van der Waals surface area contributed by atoms with Gasteiger partial charge in [0.1, 0.15) is 0 Å². The van der Waals surface area contributed by atoms with E-state index >= 15 is 0 Å². The van der Waals surface area contributed by atoms with E-state index in [1.54, 1.807) is 6.07 Å². The van der Waals surface area contributed by atoms with Crippen LogP contribution in [0, 0.1) is 0 Å². The average molecular weight is 406 g/mol. The maximum Gasteiger partial charge on any atom is 0.253 e. The van der Waals surface area contributed by atoms with Crippen molar-refractivity contribution in [3.63, 3.8) is 0 Å². The molecule has 0 radical (unpaired) electrons. The van der Waals surface area contributed by atoms with Crippen molar-refractivity contribution in [2.24, 2.45) is 0 Å². The molecule has 8 heteroatoms. The topological polar surface area (TPSA) is 104 Å². The summed E-state index contributed by atoms with van der Waals surface area (Å²) in [5.41, 5.74) is 9.18. The Bertz CT molecular complexity index is 1210. The van der Waals surface area contributed by atoms with Crippen LogP contribution in [0.4, 0.5) is 5.69 Å². The summed E-state index contributed by atoms with van der Waals surface area (Å²) in [6.07, 6.45) is 3.73. The Labute approximate surface area is 174 Å². The summed E-state index contributed by atoms with van der Waals surface area (Å²) >= 11 is 0. The Hall–Kier alpha value is -3.55. The lowest BCUT2D eigenvalue weighted by Gasteiger charge is -2.20. The van der Waals surface area contributed by atoms with Gasteiger partial charge in [-0.3, -0.25) is 4.79 Å². The molecule has 30 heavy (non-hydrogen) atoms. The SMILES string of the molecule is CCn1c(-c2noc(CNC(=O)c3ccn(C(C)(C)C)c3)n2)cc2c(N)cccc21. The highest BCUT2D eigenvalue weighted by molar-refractivity contribution is 5.95. The first kappa shape index (κ1) is 19.8. The minimum absolute atomic E-state index is 0.0823. The highest BCUT2D eigenvalue weighted by Crippen LogP contribution is 2.30. The molecule has 0 unspecified atom stereocenters. The predicted octanol–water partition coefficient (Wildman–Crippen LogP) is 3.78. The maximum atomic E-state index is 12.5. The van der Waals surface area contributed by atoms with Gasteiger partial charge < -0.3 is 24.7 Å². The molecular weight excluding hydrogens is 380 g/mol. The normalized spacial score (nSPS) is 11.9. The second kappa shape index (κ2) is 7.37. The van der Waals surface area contributed by atoms with E-state index in [4.69, 9.17) is 10.3 Å². The fourth-order valence-electron chi connectivity index (χ4n) is 3.47. The highest BCUT2D eigenvalue weighted by atomic mass is 16.5. The van der Waals surface area contributed by atoms with Gasteiger partial charge in [0.15, 0.2) is 0 Å². The molecular formula is C22H26N6O2. The monoisotopic (exact) mass is 406 g/mol. The molecule has 1 amide bonds. The number of hydrogen-bond donors (Lipinski definition) is 2. The van der Waals surface area contributed by atoms with Crippen molar-refractivity contribution in [1.82, 2.24) is 24.6 Å². The first-order chi connectivity index (χ1) is 14.3. The molecule has 3 heterocycles. The van der Waals surface area contributed by atoms with Gasteiger partial charge in [0.05, 0.1) is 23.3 Å². The van der Waals surface area contributed by atoms with Crippen molar-refractivity contribution in [2.75, 3.05) is 5.73 Å². The minimum Gasteiger partial charge on any atom is -0.398 e.